The molecule has 0 saturated heterocycles. The summed E-state index contributed by atoms with van der Waals surface area (Å²) in [5.41, 5.74) is 2.52. The number of esters is 2. The van der Waals surface area contributed by atoms with E-state index in [0.717, 1.165) is 11.3 Å². The van der Waals surface area contributed by atoms with Crippen molar-refractivity contribution < 1.29 is 28.3 Å². The molecule has 0 amide bonds. The van der Waals surface area contributed by atoms with Gasteiger partial charge in [0.1, 0.15) is 18.1 Å². The number of fused-ring (bicyclic) bond motifs is 1. The van der Waals surface area contributed by atoms with Crippen LogP contribution in [-0.2, 0) is 23.9 Å². The number of benzene rings is 1. The topological polar surface area (TPSA) is 112 Å². The van der Waals surface area contributed by atoms with Crippen molar-refractivity contribution >= 4 is 40.5 Å². The lowest BCUT2D eigenvalue weighted by atomic mass is 9.69. The van der Waals surface area contributed by atoms with Gasteiger partial charge in [-0.2, -0.15) is 11.8 Å². The molecule has 0 radical (unpaired) electrons. The summed E-state index contributed by atoms with van der Waals surface area (Å²) < 4.78 is 16.3. The Morgan fingerprint density at radius 1 is 1.22 bits per heavy atom. The molecule has 8 nitrogen and oxygen atoms in total. The van der Waals surface area contributed by atoms with Crippen LogP contribution in [0.1, 0.15) is 44.2 Å². The van der Waals surface area contributed by atoms with E-state index in [1.807, 2.05) is 19.9 Å². The maximum absolute atomic E-state index is 13.8. The van der Waals surface area contributed by atoms with Crippen LogP contribution in [0.25, 0.3) is 11.0 Å². The number of Topliss-reactive ketones (excluding diaryl/α,β-unsaturated/α-hetero) is 1. The molecule has 1 aliphatic heterocycles. The number of dihydropyridines is 1. The van der Waals surface area contributed by atoms with Crippen molar-refractivity contribution in [2.24, 2.45) is 11.8 Å². The highest BCUT2D eigenvalue weighted by molar-refractivity contribution is 7.99. The Hall–Kier alpha value is -3.33. The third-order valence-corrected chi connectivity index (χ3v) is 7.76. The molecule has 1 N–H and O–H groups in total. The van der Waals surface area contributed by atoms with Gasteiger partial charge < -0.3 is 19.2 Å². The van der Waals surface area contributed by atoms with E-state index in [0.29, 0.717) is 34.5 Å². The van der Waals surface area contributed by atoms with Gasteiger partial charge in [-0.1, -0.05) is 25.5 Å². The van der Waals surface area contributed by atoms with E-state index in [1.165, 1.54) is 13.4 Å². The second-order valence-corrected chi connectivity index (χ2v) is 10.8. The molecular formula is C28H31NO7S. The molecular weight excluding hydrogens is 494 g/mol. The SMILES string of the molecule is CCSCCOC(=O)C1=C(C)NC2=C(C(=O)[C@H](C(=O)OC)[C@@H](C)C2)[C@@H]1c1coc2ccc(C)cc2c1=O. The maximum atomic E-state index is 13.8. The number of rotatable bonds is 7. The summed E-state index contributed by atoms with van der Waals surface area (Å²) in [6, 6.07) is 5.27. The lowest BCUT2D eigenvalue weighted by Crippen LogP contribution is -2.44. The summed E-state index contributed by atoms with van der Waals surface area (Å²) in [4.78, 5) is 53.6. The first-order valence-corrected chi connectivity index (χ1v) is 13.4. The number of hydrogen-bond donors (Lipinski definition) is 1. The van der Waals surface area contributed by atoms with Crippen LogP contribution in [0.3, 0.4) is 0 Å². The number of ether oxygens (including phenoxy) is 2. The highest BCUT2D eigenvalue weighted by Crippen LogP contribution is 2.45. The molecule has 2 aliphatic rings. The van der Waals surface area contributed by atoms with Crippen molar-refractivity contribution in [3.05, 3.63) is 68.4 Å². The van der Waals surface area contributed by atoms with E-state index < -0.39 is 29.6 Å². The lowest BCUT2D eigenvalue weighted by molar-refractivity contribution is -0.151. The molecule has 3 atom stereocenters. The van der Waals surface area contributed by atoms with Gasteiger partial charge in [0.2, 0.25) is 0 Å². The van der Waals surface area contributed by atoms with Crippen molar-refractivity contribution in [2.75, 3.05) is 25.2 Å². The van der Waals surface area contributed by atoms with E-state index in [4.69, 9.17) is 13.9 Å². The van der Waals surface area contributed by atoms with Gasteiger partial charge in [-0.15, -0.1) is 0 Å². The molecule has 0 spiro atoms. The van der Waals surface area contributed by atoms with Gasteiger partial charge in [0.05, 0.1) is 30.3 Å². The normalized spacial score (nSPS) is 21.5. The van der Waals surface area contributed by atoms with Crippen LogP contribution in [0.5, 0.6) is 0 Å². The second-order valence-electron chi connectivity index (χ2n) is 9.39. The fourth-order valence-electron chi connectivity index (χ4n) is 5.14. The molecule has 2 aromatic rings. The van der Waals surface area contributed by atoms with Gasteiger partial charge in [0.25, 0.3) is 0 Å². The Kier molecular flexibility index (Phi) is 7.92. The van der Waals surface area contributed by atoms with Crippen molar-refractivity contribution in [1.29, 1.82) is 0 Å². The fourth-order valence-corrected chi connectivity index (χ4v) is 5.63. The summed E-state index contributed by atoms with van der Waals surface area (Å²) in [5, 5.41) is 3.55. The third-order valence-electron chi connectivity index (χ3n) is 6.89. The number of thioether (sulfide) groups is 1. The van der Waals surface area contributed by atoms with E-state index >= 15 is 0 Å². The minimum Gasteiger partial charge on any atom is -0.468 e. The van der Waals surface area contributed by atoms with Crippen molar-refractivity contribution in [1.82, 2.24) is 5.32 Å². The number of hydrogen-bond acceptors (Lipinski definition) is 9. The molecule has 1 aromatic carbocycles. The van der Waals surface area contributed by atoms with Gasteiger partial charge in [-0.25, -0.2) is 4.79 Å². The molecule has 9 heteroatoms. The number of allylic oxidation sites excluding steroid dienone is 3. The largest absolute Gasteiger partial charge is 0.468 e. The summed E-state index contributed by atoms with van der Waals surface area (Å²) in [6.45, 7) is 7.60. The minimum atomic E-state index is -1.05. The monoisotopic (exact) mass is 525 g/mol. The van der Waals surface area contributed by atoms with Crippen molar-refractivity contribution in [2.45, 2.75) is 40.0 Å². The lowest BCUT2D eigenvalue weighted by Gasteiger charge is -2.37. The maximum Gasteiger partial charge on any atom is 0.336 e. The predicted molar refractivity (Wildman–Crippen MR) is 141 cm³/mol. The van der Waals surface area contributed by atoms with Crippen LogP contribution < -0.4 is 10.7 Å². The molecule has 1 aliphatic carbocycles. The molecule has 1 aromatic heterocycles. The molecule has 2 heterocycles. The fraction of sp³-hybridized carbons (Fsp3) is 0.429. The van der Waals surface area contributed by atoms with E-state index in [1.54, 1.807) is 37.7 Å². The van der Waals surface area contributed by atoms with Gasteiger partial charge >= 0.3 is 11.9 Å². The predicted octanol–water partition coefficient (Wildman–Crippen LogP) is 4.01. The van der Waals surface area contributed by atoms with Crippen LogP contribution >= 0.6 is 11.8 Å². The van der Waals surface area contributed by atoms with Crippen LogP contribution in [0.15, 0.2) is 56.2 Å². The molecule has 196 valence electrons. The number of carbonyl (C=O) groups excluding carboxylic acids is 3. The Labute approximate surface area is 219 Å². The number of ketones is 1. The zero-order chi connectivity index (χ0) is 26.9. The zero-order valence-electron chi connectivity index (χ0n) is 21.6. The molecule has 0 saturated carbocycles. The van der Waals surface area contributed by atoms with Crippen LogP contribution in [0.4, 0.5) is 0 Å². The second kappa shape index (κ2) is 11.0. The van der Waals surface area contributed by atoms with Gasteiger partial charge in [-0.05, 0) is 44.1 Å². The molecule has 0 unspecified atom stereocenters. The third kappa shape index (κ3) is 4.97. The first-order valence-electron chi connectivity index (χ1n) is 12.3. The van der Waals surface area contributed by atoms with Crippen LogP contribution in [0.2, 0.25) is 0 Å². The number of methoxy groups -OCH3 is 1. The van der Waals surface area contributed by atoms with Gasteiger partial charge in [0.15, 0.2) is 11.2 Å². The average Bonchev–Trinajstić information content (AvgIpc) is 2.86. The number of nitrogens with one attached hydrogen (secondary N) is 1. The Balaban J connectivity index is 1.90. The summed E-state index contributed by atoms with van der Waals surface area (Å²) in [5.74, 6) is -2.64. The Morgan fingerprint density at radius 3 is 2.68 bits per heavy atom. The smallest absolute Gasteiger partial charge is 0.336 e. The highest BCUT2D eigenvalue weighted by atomic mass is 32.2. The van der Waals surface area contributed by atoms with Crippen molar-refractivity contribution in [3.63, 3.8) is 0 Å². The Bertz CT molecular complexity index is 1390. The Morgan fingerprint density at radius 2 is 1.97 bits per heavy atom. The highest BCUT2D eigenvalue weighted by Gasteiger charge is 2.48. The summed E-state index contributed by atoms with van der Waals surface area (Å²) in [6.07, 6.45) is 1.69. The summed E-state index contributed by atoms with van der Waals surface area (Å²) in [7, 11) is 1.24. The van der Waals surface area contributed by atoms with Crippen LogP contribution in [-0.4, -0.2) is 42.9 Å². The standard InChI is InChI=1S/C28H31NO7S/c1-6-37-10-9-35-28(33)22-16(4)29-19-12-15(3)21(27(32)34-5)26(31)24(19)23(22)18-13-36-20-8-7-14(2)11-17(20)25(18)30/h7-8,11,13,15,21,23,29H,6,9-10,12H2,1-5H3/t15-,21+,23+/m0/s1. The van der Waals surface area contributed by atoms with E-state index in [-0.39, 0.29) is 34.7 Å². The van der Waals surface area contributed by atoms with Gasteiger partial charge in [0, 0.05) is 28.3 Å². The minimum absolute atomic E-state index is 0.146. The quantitative estimate of drug-likeness (QED) is 0.325. The molecule has 4 rings (SSSR count). The first-order chi connectivity index (χ1) is 17.7. The molecule has 37 heavy (non-hydrogen) atoms. The molecule has 0 bridgehead atoms. The molecule has 0 fully saturated rings. The van der Waals surface area contributed by atoms with E-state index in [2.05, 4.69) is 5.32 Å². The first kappa shape index (κ1) is 26.7. The van der Waals surface area contributed by atoms with Crippen molar-refractivity contribution in [3.8, 4) is 0 Å². The van der Waals surface area contributed by atoms with Gasteiger partial charge in [-0.3, -0.25) is 14.4 Å². The van der Waals surface area contributed by atoms with E-state index in [9.17, 15) is 19.2 Å². The number of aryl methyl sites for hydroxylation is 1. The van der Waals surface area contributed by atoms with Crippen LogP contribution in [0, 0.1) is 18.8 Å². The number of carbonyl (C=O) groups is 3. The average molecular weight is 526 g/mol. The summed E-state index contributed by atoms with van der Waals surface area (Å²) >= 11 is 1.64. The zero-order valence-corrected chi connectivity index (χ0v) is 22.5.